The molecule has 2 heterocycles. The molecule has 3 aromatic rings. The molecule has 1 aliphatic rings. The van der Waals surface area contributed by atoms with E-state index in [0.29, 0.717) is 0 Å². The molecule has 1 atom stereocenters. The Balaban J connectivity index is 1.83. The second kappa shape index (κ2) is 7.28. The zero-order valence-electron chi connectivity index (χ0n) is 15.8. The smallest absolute Gasteiger partial charge is 0.165 e. The molecule has 0 amide bonds. The third-order valence-electron chi connectivity index (χ3n) is 4.75. The van der Waals surface area contributed by atoms with Gasteiger partial charge in [0.15, 0.2) is 11.5 Å². The first-order chi connectivity index (χ1) is 13.1. The Labute approximate surface area is 164 Å². The first-order valence-electron chi connectivity index (χ1n) is 9.08. The fourth-order valence-electron chi connectivity index (χ4n) is 3.55. The summed E-state index contributed by atoms with van der Waals surface area (Å²) in [6.45, 7) is 4.26. The lowest BCUT2D eigenvalue weighted by Gasteiger charge is -2.21. The lowest BCUT2D eigenvalue weighted by Crippen LogP contribution is -2.25. The third kappa shape index (κ3) is 3.67. The summed E-state index contributed by atoms with van der Waals surface area (Å²) in [6.07, 6.45) is 4.55. The molecule has 0 saturated carbocycles. The van der Waals surface area contributed by atoms with E-state index in [0.717, 1.165) is 17.9 Å². The van der Waals surface area contributed by atoms with Gasteiger partial charge in [-0.3, -0.25) is 4.98 Å². The van der Waals surface area contributed by atoms with Crippen molar-refractivity contribution >= 4 is 11.8 Å². The molecule has 1 unspecified atom stereocenters. The molecular formula is C23H23NO2S. The van der Waals surface area contributed by atoms with E-state index in [1.165, 1.54) is 21.6 Å². The summed E-state index contributed by atoms with van der Waals surface area (Å²) < 4.78 is 11.8. The molecule has 0 aliphatic carbocycles. The Hall–Kier alpha value is -2.46. The number of pyridine rings is 1. The monoisotopic (exact) mass is 377 g/mol. The van der Waals surface area contributed by atoms with Crippen LogP contribution >= 0.6 is 11.8 Å². The molecule has 0 saturated heterocycles. The standard InChI is InChI=1S/C23H23NO2S/c1-23(2)15-19-18(9-10-20(25-3)21(19)26-23)22(16-7-5-4-6-8-16)27-17-11-13-24-14-12-17/h4-14,22H,15H2,1-3H3. The van der Waals surface area contributed by atoms with Crippen LogP contribution in [0.25, 0.3) is 0 Å². The topological polar surface area (TPSA) is 31.4 Å². The SMILES string of the molecule is COc1ccc(C(Sc2ccncc2)c2ccccc2)c2c1OC(C)(C)C2. The van der Waals surface area contributed by atoms with Gasteiger partial charge in [-0.25, -0.2) is 0 Å². The second-order valence-corrected chi connectivity index (χ2v) is 8.47. The third-order valence-corrected chi connectivity index (χ3v) is 6.06. The molecule has 1 aromatic heterocycles. The molecule has 1 aliphatic heterocycles. The molecule has 0 bridgehead atoms. The lowest BCUT2D eigenvalue weighted by atomic mass is 9.93. The molecule has 4 rings (SSSR count). The van der Waals surface area contributed by atoms with Crippen molar-refractivity contribution in [2.75, 3.05) is 7.11 Å². The molecule has 4 heteroatoms. The van der Waals surface area contributed by atoms with Crippen LogP contribution in [-0.2, 0) is 6.42 Å². The van der Waals surface area contributed by atoms with E-state index < -0.39 is 0 Å². The van der Waals surface area contributed by atoms with Crippen molar-refractivity contribution in [2.45, 2.75) is 36.0 Å². The minimum Gasteiger partial charge on any atom is -0.493 e. The number of fused-ring (bicyclic) bond motifs is 1. The zero-order chi connectivity index (χ0) is 18.9. The number of thioether (sulfide) groups is 1. The van der Waals surface area contributed by atoms with E-state index in [4.69, 9.17) is 9.47 Å². The van der Waals surface area contributed by atoms with Crippen molar-refractivity contribution in [1.29, 1.82) is 0 Å². The molecule has 2 aromatic carbocycles. The fourth-order valence-corrected chi connectivity index (χ4v) is 4.74. The molecule has 0 N–H and O–H groups in total. The fraction of sp³-hybridized carbons (Fsp3) is 0.261. The number of nitrogens with zero attached hydrogens (tertiary/aromatic N) is 1. The second-order valence-electron chi connectivity index (χ2n) is 7.29. The van der Waals surface area contributed by atoms with Crippen molar-refractivity contribution in [3.8, 4) is 11.5 Å². The summed E-state index contributed by atoms with van der Waals surface area (Å²) in [5.74, 6) is 1.69. The average molecular weight is 378 g/mol. The zero-order valence-corrected chi connectivity index (χ0v) is 16.6. The van der Waals surface area contributed by atoms with Gasteiger partial charge in [-0.15, -0.1) is 11.8 Å². The Morgan fingerprint density at radius 2 is 1.78 bits per heavy atom. The van der Waals surface area contributed by atoms with Crippen LogP contribution in [0.3, 0.4) is 0 Å². The first-order valence-corrected chi connectivity index (χ1v) is 9.96. The van der Waals surface area contributed by atoms with Gasteiger partial charge in [0, 0.05) is 29.3 Å². The Bertz CT molecular complexity index is 926. The predicted molar refractivity (Wildman–Crippen MR) is 110 cm³/mol. The number of benzene rings is 2. The highest BCUT2D eigenvalue weighted by Crippen LogP contribution is 2.50. The van der Waals surface area contributed by atoms with Crippen molar-refractivity contribution in [1.82, 2.24) is 4.98 Å². The highest BCUT2D eigenvalue weighted by Gasteiger charge is 2.36. The number of hydrogen-bond donors (Lipinski definition) is 0. The summed E-state index contributed by atoms with van der Waals surface area (Å²) in [4.78, 5) is 5.34. The van der Waals surface area contributed by atoms with Crippen LogP contribution in [0.4, 0.5) is 0 Å². The number of rotatable bonds is 5. The van der Waals surface area contributed by atoms with Gasteiger partial charge in [0.05, 0.1) is 12.4 Å². The van der Waals surface area contributed by atoms with Crippen LogP contribution in [0.5, 0.6) is 11.5 Å². The van der Waals surface area contributed by atoms with Crippen LogP contribution in [0.15, 0.2) is 71.9 Å². The van der Waals surface area contributed by atoms with E-state index in [2.05, 4.69) is 67.4 Å². The number of aromatic nitrogens is 1. The van der Waals surface area contributed by atoms with Gasteiger partial charge in [-0.05, 0) is 43.2 Å². The Morgan fingerprint density at radius 3 is 2.48 bits per heavy atom. The molecule has 3 nitrogen and oxygen atoms in total. The molecule has 0 radical (unpaired) electrons. The van der Waals surface area contributed by atoms with E-state index in [1.54, 1.807) is 7.11 Å². The molecule has 0 spiro atoms. The van der Waals surface area contributed by atoms with E-state index in [1.807, 2.05) is 30.2 Å². The van der Waals surface area contributed by atoms with Crippen molar-refractivity contribution in [2.24, 2.45) is 0 Å². The largest absolute Gasteiger partial charge is 0.493 e. The minimum absolute atomic E-state index is 0.172. The number of methoxy groups -OCH3 is 1. The molecule has 27 heavy (non-hydrogen) atoms. The predicted octanol–water partition coefficient (Wildman–Crippen LogP) is 5.69. The van der Waals surface area contributed by atoms with E-state index in [9.17, 15) is 0 Å². The van der Waals surface area contributed by atoms with Gasteiger partial charge >= 0.3 is 0 Å². The van der Waals surface area contributed by atoms with Crippen LogP contribution in [0.2, 0.25) is 0 Å². The van der Waals surface area contributed by atoms with Gasteiger partial charge in [0.2, 0.25) is 0 Å². The van der Waals surface area contributed by atoms with Crippen LogP contribution in [-0.4, -0.2) is 17.7 Å². The maximum Gasteiger partial charge on any atom is 0.165 e. The lowest BCUT2D eigenvalue weighted by molar-refractivity contribution is 0.134. The molecular weight excluding hydrogens is 354 g/mol. The number of ether oxygens (including phenoxy) is 2. The maximum atomic E-state index is 6.25. The quantitative estimate of drug-likeness (QED) is 0.535. The van der Waals surface area contributed by atoms with Gasteiger partial charge in [0.1, 0.15) is 5.60 Å². The van der Waals surface area contributed by atoms with Crippen LogP contribution in [0, 0.1) is 0 Å². The Morgan fingerprint density at radius 1 is 1.04 bits per heavy atom. The molecule has 0 fully saturated rings. The van der Waals surface area contributed by atoms with Crippen LogP contribution in [0.1, 0.15) is 35.8 Å². The normalized spacial score (nSPS) is 15.7. The summed E-state index contributed by atoms with van der Waals surface area (Å²) in [5.41, 5.74) is 3.57. The van der Waals surface area contributed by atoms with Gasteiger partial charge in [-0.1, -0.05) is 36.4 Å². The summed E-state index contributed by atoms with van der Waals surface area (Å²) in [7, 11) is 1.70. The highest BCUT2D eigenvalue weighted by atomic mass is 32.2. The van der Waals surface area contributed by atoms with Gasteiger partial charge in [-0.2, -0.15) is 0 Å². The summed E-state index contributed by atoms with van der Waals surface area (Å²) in [6, 6.07) is 19.0. The summed E-state index contributed by atoms with van der Waals surface area (Å²) >= 11 is 1.84. The van der Waals surface area contributed by atoms with E-state index in [-0.39, 0.29) is 10.9 Å². The highest BCUT2D eigenvalue weighted by molar-refractivity contribution is 7.99. The van der Waals surface area contributed by atoms with Crippen molar-refractivity contribution in [3.05, 3.63) is 83.7 Å². The van der Waals surface area contributed by atoms with E-state index >= 15 is 0 Å². The number of hydrogen-bond acceptors (Lipinski definition) is 4. The van der Waals surface area contributed by atoms with Crippen molar-refractivity contribution in [3.63, 3.8) is 0 Å². The van der Waals surface area contributed by atoms with Crippen LogP contribution < -0.4 is 9.47 Å². The Kier molecular flexibility index (Phi) is 4.83. The minimum atomic E-state index is -0.228. The van der Waals surface area contributed by atoms with Gasteiger partial charge in [0.25, 0.3) is 0 Å². The average Bonchev–Trinajstić information content (AvgIpc) is 3.02. The van der Waals surface area contributed by atoms with Crippen molar-refractivity contribution < 1.29 is 9.47 Å². The first kappa shape index (κ1) is 17.9. The maximum absolute atomic E-state index is 6.25. The molecule has 138 valence electrons. The van der Waals surface area contributed by atoms with Gasteiger partial charge < -0.3 is 9.47 Å². The summed E-state index contributed by atoms with van der Waals surface area (Å²) in [5, 5.41) is 0.172.